The van der Waals surface area contributed by atoms with Crippen LogP contribution < -0.4 is 8.70 Å². The molecule has 2 aromatic rings. The van der Waals surface area contributed by atoms with Gasteiger partial charge in [0, 0.05) is 34.1 Å². The molecule has 0 bridgehead atoms. The number of allylic oxidation sites excluding steroid dienone is 2. The Morgan fingerprint density at radius 1 is 0.485 bits per heavy atom. The van der Waals surface area contributed by atoms with Crippen molar-refractivity contribution in [2.45, 2.75) is 0 Å². The zero-order valence-corrected chi connectivity index (χ0v) is 20.6. The molecule has 0 N–H and O–H groups in total. The summed E-state index contributed by atoms with van der Waals surface area (Å²) in [6.07, 6.45) is 6.56. The number of hydrogen-bond acceptors (Lipinski definition) is 0. The van der Waals surface area contributed by atoms with Crippen molar-refractivity contribution in [1.29, 1.82) is 0 Å². The molecule has 33 heavy (non-hydrogen) atoms. The molecule has 0 fully saturated rings. The maximum absolute atomic E-state index is 7.50. The largest absolute Gasteiger partial charge is 0 e. The third-order valence-corrected chi connectivity index (χ3v) is 7.58. The van der Waals surface area contributed by atoms with Crippen molar-refractivity contribution in [3.8, 4) is 0 Å². The van der Waals surface area contributed by atoms with Crippen LogP contribution in [0.2, 0.25) is 0 Å². The molecule has 0 aromatic heterocycles. The number of benzene rings is 2. The summed E-state index contributed by atoms with van der Waals surface area (Å²) >= 11 is -1.25. The summed E-state index contributed by atoms with van der Waals surface area (Å²) in [7, 11) is 0. The van der Waals surface area contributed by atoms with Gasteiger partial charge in [0.15, 0.2) is 0 Å². The van der Waals surface area contributed by atoms with Gasteiger partial charge in [-0.1, -0.05) is 0 Å². The Balaban J connectivity index is -0.0000000735. The van der Waals surface area contributed by atoms with E-state index in [0.717, 1.165) is 0 Å². The second-order valence-corrected chi connectivity index (χ2v) is 8.24. The van der Waals surface area contributed by atoms with E-state index in [1.54, 1.807) is 0 Å². The Labute approximate surface area is 219 Å². The van der Waals surface area contributed by atoms with Crippen molar-refractivity contribution in [2.24, 2.45) is 0 Å². The molecule has 0 amide bonds. The molecule has 0 radical (unpaired) electrons. The molecule has 1 atom stereocenters. The molecule has 7 nitrogen and oxygen atoms in total. The van der Waals surface area contributed by atoms with Crippen LogP contribution >= 0.6 is 0 Å². The molecule has 0 saturated heterocycles. The molecule has 0 aliphatic carbocycles. The molecule has 1 unspecified atom stereocenters. The SMILES string of the molecule is C1=Cc2ccccc2[As](c2ccccc2)C=C1.[C-]#[O+].[C-]#[O+].[C-]#[O+].[C-]#[O+].[C-]#[O+].[C-]#[O+].[C-]#[O+].[Fe].[Fe]. The minimum atomic E-state index is -1.25. The molecule has 3 rings (SSSR count). The van der Waals surface area contributed by atoms with E-state index in [9.17, 15) is 0 Å². The van der Waals surface area contributed by atoms with Gasteiger partial charge in [-0.3, -0.25) is 0 Å². The maximum Gasteiger partial charge on any atom is 0 e. The molecular weight excluding hydrogens is 575 g/mol. The van der Waals surface area contributed by atoms with Crippen LogP contribution in [-0.4, -0.2) is 14.7 Å². The van der Waals surface area contributed by atoms with Crippen LogP contribution in [0.5, 0.6) is 0 Å². The van der Waals surface area contributed by atoms with Gasteiger partial charge in [0.25, 0.3) is 0 Å². The van der Waals surface area contributed by atoms with Gasteiger partial charge in [-0.05, 0) is 0 Å². The standard InChI is InChI=1S/C16H13As.7CO.2Fe/c1-2-10-15(11-3-1)17-13-7-6-9-14-8-4-5-12-16(14)17;7*1-2;;/h1-13H;;;;;;;;;. The topological polar surface area (TPSA) is 139 Å². The number of fused-ring (bicyclic) bond motifs is 1. The Kier molecular flexibility index (Phi) is 69.4. The van der Waals surface area contributed by atoms with E-state index < -0.39 is 14.7 Å². The first-order valence-electron chi connectivity index (χ1n) is 7.16. The Morgan fingerprint density at radius 2 is 0.879 bits per heavy atom. The Bertz CT molecular complexity index is 822. The zero-order chi connectivity index (χ0) is 25.5. The molecular formula is C23H13AsFe2O7. The van der Waals surface area contributed by atoms with Crippen LogP contribution in [0.1, 0.15) is 5.56 Å². The van der Waals surface area contributed by atoms with E-state index in [4.69, 9.17) is 32.6 Å². The quantitative estimate of drug-likeness (QED) is 0.274. The monoisotopic (exact) mass is 588 g/mol. The second-order valence-electron chi connectivity index (χ2n) is 3.97. The van der Waals surface area contributed by atoms with E-state index in [1.807, 2.05) is 0 Å². The van der Waals surface area contributed by atoms with Gasteiger partial charge < -0.3 is 0 Å². The molecule has 0 spiro atoms. The maximum atomic E-state index is 7.50. The zero-order valence-electron chi connectivity index (χ0n) is 16.5. The molecule has 0 saturated carbocycles. The third kappa shape index (κ3) is 22.7. The molecule has 1 aliphatic rings. The van der Waals surface area contributed by atoms with Gasteiger partial charge in [-0.2, -0.15) is 0 Å². The molecule has 1 heterocycles. The predicted octanol–water partition coefficient (Wildman–Crippen LogP) is 2.15. The summed E-state index contributed by atoms with van der Waals surface area (Å²) in [5, 5.41) is 0. The van der Waals surface area contributed by atoms with Crippen LogP contribution in [0, 0.1) is 46.6 Å². The fraction of sp³-hybridized carbons (Fsp3) is 0. The normalized spacial score (nSPS) is 9.45. The fourth-order valence-electron chi connectivity index (χ4n) is 2.04. The Hall–Kier alpha value is -2.30. The van der Waals surface area contributed by atoms with Crippen LogP contribution in [0.25, 0.3) is 6.08 Å². The van der Waals surface area contributed by atoms with E-state index in [1.165, 1.54) is 14.3 Å². The van der Waals surface area contributed by atoms with Crippen molar-refractivity contribution in [2.75, 3.05) is 0 Å². The van der Waals surface area contributed by atoms with Crippen LogP contribution in [-0.2, 0) is 66.7 Å². The summed E-state index contributed by atoms with van der Waals surface area (Å²) in [6.45, 7) is 31.5. The van der Waals surface area contributed by atoms with Crippen LogP contribution in [0.3, 0.4) is 0 Å². The van der Waals surface area contributed by atoms with Gasteiger partial charge in [0.05, 0.1) is 0 Å². The summed E-state index contributed by atoms with van der Waals surface area (Å²) in [5.41, 5.74) is 1.38. The molecule has 10 heteroatoms. The first kappa shape index (κ1) is 48.2. The van der Waals surface area contributed by atoms with Crippen molar-refractivity contribution >= 4 is 29.4 Å². The van der Waals surface area contributed by atoms with E-state index in [0.29, 0.717) is 0 Å². The summed E-state index contributed by atoms with van der Waals surface area (Å²) in [4.78, 5) is 2.41. The third-order valence-electron chi connectivity index (χ3n) is 2.85. The summed E-state index contributed by atoms with van der Waals surface area (Å²) < 4.78 is 55.5. The van der Waals surface area contributed by atoms with Gasteiger partial charge in [0.1, 0.15) is 0 Å². The minimum Gasteiger partial charge on any atom is 0 e. The van der Waals surface area contributed by atoms with E-state index in [-0.39, 0.29) is 34.1 Å². The molecule has 168 valence electrons. The number of hydrogen-bond donors (Lipinski definition) is 0. The smallest absolute Gasteiger partial charge is 0 e. The van der Waals surface area contributed by atoms with Gasteiger partial charge >= 0.3 is 186 Å². The van der Waals surface area contributed by atoms with Crippen LogP contribution in [0.15, 0.2) is 71.6 Å². The Morgan fingerprint density at radius 3 is 1.33 bits per heavy atom. The molecule has 2 aromatic carbocycles. The number of rotatable bonds is 1. The fourth-order valence-corrected chi connectivity index (χ4v) is 6.34. The average molecular weight is 588 g/mol. The first-order chi connectivity index (χ1) is 15.4. The summed E-state index contributed by atoms with van der Waals surface area (Å²) in [5.74, 6) is 0. The van der Waals surface area contributed by atoms with Crippen LogP contribution in [0.4, 0.5) is 0 Å². The van der Waals surface area contributed by atoms with E-state index >= 15 is 0 Å². The van der Waals surface area contributed by atoms with Crippen molar-refractivity contribution in [1.82, 2.24) is 0 Å². The van der Waals surface area contributed by atoms with Gasteiger partial charge in [-0.15, -0.1) is 0 Å². The first-order valence-corrected chi connectivity index (χ1v) is 10.1. The van der Waals surface area contributed by atoms with Crippen molar-refractivity contribution < 1.29 is 66.7 Å². The van der Waals surface area contributed by atoms with E-state index in [2.05, 4.69) is 124 Å². The molecule has 1 aliphatic heterocycles. The predicted molar refractivity (Wildman–Crippen MR) is 104 cm³/mol. The van der Waals surface area contributed by atoms with Gasteiger partial charge in [0.2, 0.25) is 0 Å². The minimum absolute atomic E-state index is 0. The summed E-state index contributed by atoms with van der Waals surface area (Å²) in [6, 6.07) is 19.6. The average Bonchev–Trinajstić information content (AvgIpc) is 3.15. The van der Waals surface area contributed by atoms with Crippen molar-refractivity contribution in [3.05, 3.63) is 124 Å². The second kappa shape index (κ2) is 47.5. The van der Waals surface area contributed by atoms with Crippen molar-refractivity contribution in [3.63, 3.8) is 0 Å². The van der Waals surface area contributed by atoms with Gasteiger partial charge in [-0.25, -0.2) is 0 Å².